The highest BCUT2D eigenvalue weighted by atomic mass is 15.6. The maximum atomic E-state index is 4.12. The lowest BCUT2D eigenvalue weighted by molar-refractivity contribution is 0.550. The van der Waals surface area contributed by atoms with Crippen LogP contribution in [0.15, 0.2) is 30.3 Å². The summed E-state index contributed by atoms with van der Waals surface area (Å²) in [5.41, 5.74) is 1.38. The summed E-state index contributed by atoms with van der Waals surface area (Å²) in [6.45, 7) is 3.75. The Balaban J connectivity index is 1.73. The van der Waals surface area contributed by atoms with E-state index in [0.29, 0.717) is 12.0 Å². The molecule has 1 heterocycles. The first-order valence-corrected chi connectivity index (χ1v) is 6.42. The van der Waals surface area contributed by atoms with Crippen molar-refractivity contribution in [3.05, 3.63) is 41.7 Å². The quantitative estimate of drug-likeness (QED) is 0.865. The Hall–Kier alpha value is -1.75. The Morgan fingerprint density at radius 1 is 1.33 bits per heavy atom. The summed E-state index contributed by atoms with van der Waals surface area (Å²) in [7, 11) is 0. The fourth-order valence-corrected chi connectivity index (χ4v) is 2.33. The van der Waals surface area contributed by atoms with Gasteiger partial charge in [-0.3, -0.25) is 0 Å². The molecule has 1 aromatic carbocycles. The van der Waals surface area contributed by atoms with Gasteiger partial charge in [0.1, 0.15) is 0 Å². The van der Waals surface area contributed by atoms with Gasteiger partial charge in [0, 0.05) is 5.92 Å². The van der Waals surface area contributed by atoms with Gasteiger partial charge in [0.25, 0.3) is 0 Å². The van der Waals surface area contributed by atoms with E-state index in [-0.39, 0.29) is 0 Å². The highest BCUT2D eigenvalue weighted by Crippen LogP contribution is 2.51. The van der Waals surface area contributed by atoms with Crippen molar-refractivity contribution in [2.75, 3.05) is 6.54 Å². The van der Waals surface area contributed by atoms with Crippen molar-refractivity contribution < 1.29 is 0 Å². The summed E-state index contributed by atoms with van der Waals surface area (Å²) >= 11 is 0. The van der Waals surface area contributed by atoms with Crippen LogP contribution in [0.5, 0.6) is 0 Å². The minimum atomic E-state index is 0.427. The Bertz CT molecular complexity index is 507. The lowest BCUT2D eigenvalue weighted by Crippen LogP contribution is -2.16. The third-order valence-corrected chi connectivity index (χ3v) is 3.39. The standard InChI is InChI=1S/C13H17N5/c1-2-14-9-13-15-16-17-18(13)12-8-11(12)10-6-4-3-5-7-10/h3-7,11-12,14H,2,8-9H2,1H3. The van der Waals surface area contributed by atoms with Crippen molar-refractivity contribution in [1.82, 2.24) is 25.5 Å². The van der Waals surface area contributed by atoms with Crippen LogP contribution in [0.2, 0.25) is 0 Å². The number of hydrogen-bond donors (Lipinski definition) is 1. The van der Waals surface area contributed by atoms with Crippen molar-refractivity contribution in [2.24, 2.45) is 0 Å². The molecule has 1 aliphatic rings. The van der Waals surface area contributed by atoms with Gasteiger partial charge in [-0.15, -0.1) is 5.10 Å². The van der Waals surface area contributed by atoms with Gasteiger partial charge in [-0.2, -0.15) is 0 Å². The molecule has 1 aromatic heterocycles. The van der Waals surface area contributed by atoms with E-state index in [4.69, 9.17) is 0 Å². The van der Waals surface area contributed by atoms with E-state index in [1.165, 1.54) is 5.56 Å². The van der Waals surface area contributed by atoms with E-state index in [0.717, 1.165) is 25.3 Å². The molecule has 0 amide bonds. The smallest absolute Gasteiger partial charge is 0.165 e. The zero-order valence-corrected chi connectivity index (χ0v) is 10.5. The molecule has 1 fully saturated rings. The molecule has 2 unspecified atom stereocenters. The van der Waals surface area contributed by atoms with Crippen LogP contribution in [0.4, 0.5) is 0 Å². The predicted octanol–water partition coefficient (Wildman–Crippen LogP) is 1.51. The van der Waals surface area contributed by atoms with Gasteiger partial charge in [0.05, 0.1) is 12.6 Å². The van der Waals surface area contributed by atoms with Crippen molar-refractivity contribution in [3.63, 3.8) is 0 Å². The minimum Gasteiger partial charge on any atom is -0.310 e. The SMILES string of the molecule is CCNCc1nnnn1C1CC1c1ccccc1. The van der Waals surface area contributed by atoms with E-state index in [1.807, 2.05) is 4.68 Å². The largest absolute Gasteiger partial charge is 0.310 e. The number of hydrogen-bond acceptors (Lipinski definition) is 4. The van der Waals surface area contributed by atoms with Gasteiger partial charge in [-0.05, 0) is 29.0 Å². The normalized spacial score (nSPS) is 22.1. The van der Waals surface area contributed by atoms with E-state index < -0.39 is 0 Å². The minimum absolute atomic E-state index is 0.427. The summed E-state index contributed by atoms with van der Waals surface area (Å²) in [6, 6.07) is 11.0. The van der Waals surface area contributed by atoms with Gasteiger partial charge < -0.3 is 5.32 Å². The molecule has 1 N–H and O–H groups in total. The molecule has 1 aliphatic carbocycles. The third kappa shape index (κ3) is 2.13. The molecule has 2 aromatic rings. The summed E-state index contributed by atoms with van der Waals surface area (Å²) in [4.78, 5) is 0. The van der Waals surface area contributed by atoms with Crippen LogP contribution in [0.3, 0.4) is 0 Å². The lowest BCUT2D eigenvalue weighted by atomic mass is 10.1. The second-order valence-electron chi connectivity index (χ2n) is 4.64. The average Bonchev–Trinajstić information content (AvgIpc) is 3.08. The van der Waals surface area contributed by atoms with Gasteiger partial charge >= 0.3 is 0 Å². The molecular weight excluding hydrogens is 226 g/mol. The summed E-state index contributed by atoms with van der Waals surface area (Å²) < 4.78 is 1.97. The van der Waals surface area contributed by atoms with Crippen LogP contribution in [0.1, 0.15) is 36.7 Å². The van der Waals surface area contributed by atoms with Crippen LogP contribution in [0, 0.1) is 0 Å². The van der Waals surface area contributed by atoms with Gasteiger partial charge in [0.2, 0.25) is 0 Å². The van der Waals surface area contributed by atoms with Crippen LogP contribution in [0.25, 0.3) is 0 Å². The molecule has 0 saturated heterocycles. The molecule has 5 nitrogen and oxygen atoms in total. The van der Waals surface area contributed by atoms with Gasteiger partial charge in [0.15, 0.2) is 5.82 Å². The molecular formula is C13H17N5. The van der Waals surface area contributed by atoms with Crippen LogP contribution >= 0.6 is 0 Å². The highest BCUT2D eigenvalue weighted by Gasteiger charge is 2.42. The number of tetrazole rings is 1. The Kier molecular flexibility index (Phi) is 3.06. The topological polar surface area (TPSA) is 55.6 Å². The number of nitrogens with zero attached hydrogens (tertiary/aromatic N) is 4. The third-order valence-electron chi connectivity index (χ3n) is 3.39. The fraction of sp³-hybridized carbons (Fsp3) is 0.462. The molecule has 18 heavy (non-hydrogen) atoms. The molecule has 0 bridgehead atoms. The summed E-state index contributed by atoms with van der Waals surface area (Å²) in [6.07, 6.45) is 1.13. The van der Waals surface area contributed by atoms with E-state index in [9.17, 15) is 0 Å². The first-order chi connectivity index (χ1) is 8.90. The summed E-state index contributed by atoms with van der Waals surface area (Å²) in [5.74, 6) is 1.50. The van der Waals surface area contributed by atoms with Crippen LogP contribution in [-0.4, -0.2) is 26.8 Å². The first kappa shape index (κ1) is 11.3. The van der Waals surface area contributed by atoms with E-state index >= 15 is 0 Å². The maximum Gasteiger partial charge on any atom is 0.165 e. The lowest BCUT2D eigenvalue weighted by Gasteiger charge is -2.04. The number of rotatable bonds is 5. The second kappa shape index (κ2) is 4.86. The second-order valence-corrected chi connectivity index (χ2v) is 4.64. The zero-order valence-electron chi connectivity index (χ0n) is 10.5. The molecule has 3 rings (SSSR count). The van der Waals surface area contributed by atoms with Crippen molar-refractivity contribution in [2.45, 2.75) is 31.8 Å². The van der Waals surface area contributed by atoms with Crippen molar-refractivity contribution in [1.29, 1.82) is 0 Å². The predicted molar refractivity (Wildman–Crippen MR) is 68.0 cm³/mol. The van der Waals surface area contributed by atoms with Crippen LogP contribution in [-0.2, 0) is 6.54 Å². The van der Waals surface area contributed by atoms with E-state index in [1.54, 1.807) is 0 Å². The molecule has 5 heteroatoms. The Labute approximate surface area is 106 Å². The zero-order chi connectivity index (χ0) is 12.4. The molecule has 0 radical (unpaired) electrons. The van der Waals surface area contributed by atoms with Gasteiger partial charge in [-0.1, -0.05) is 37.3 Å². The Morgan fingerprint density at radius 3 is 2.94 bits per heavy atom. The molecule has 1 saturated carbocycles. The fourth-order valence-electron chi connectivity index (χ4n) is 2.33. The number of nitrogens with one attached hydrogen (secondary N) is 1. The average molecular weight is 243 g/mol. The van der Waals surface area contributed by atoms with E-state index in [2.05, 4.69) is 58.1 Å². The summed E-state index contributed by atoms with van der Waals surface area (Å²) in [5, 5.41) is 15.3. The maximum absolute atomic E-state index is 4.12. The molecule has 2 atom stereocenters. The van der Waals surface area contributed by atoms with Crippen LogP contribution < -0.4 is 5.32 Å². The number of benzene rings is 1. The Morgan fingerprint density at radius 2 is 2.17 bits per heavy atom. The van der Waals surface area contributed by atoms with Crippen molar-refractivity contribution in [3.8, 4) is 0 Å². The first-order valence-electron chi connectivity index (χ1n) is 6.42. The molecule has 94 valence electrons. The number of aromatic nitrogens is 4. The van der Waals surface area contributed by atoms with Crippen molar-refractivity contribution >= 4 is 0 Å². The van der Waals surface area contributed by atoms with Gasteiger partial charge in [-0.25, -0.2) is 4.68 Å². The molecule has 0 spiro atoms. The molecule has 0 aliphatic heterocycles. The monoisotopic (exact) mass is 243 g/mol. The highest BCUT2D eigenvalue weighted by molar-refractivity contribution is 5.26.